The molecule has 0 saturated heterocycles. The third-order valence-electron chi connectivity index (χ3n) is 5.41. The van der Waals surface area contributed by atoms with Crippen LogP contribution in [0.3, 0.4) is 0 Å². The highest BCUT2D eigenvalue weighted by atomic mass is 16.5. The first kappa shape index (κ1) is 20.7. The third-order valence-corrected chi connectivity index (χ3v) is 5.41. The van der Waals surface area contributed by atoms with E-state index in [1.54, 1.807) is 36.1 Å². The Labute approximate surface area is 182 Å². The quantitative estimate of drug-likeness (QED) is 0.543. The van der Waals surface area contributed by atoms with E-state index in [-0.39, 0.29) is 11.9 Å². The molecular formula is C26H25NO4. The second kappa shape index (κ2) is 9.04. The van der Waals surface area contributed by atoms with Crippen LogP contribution in [0.25, 0.3) is 0 Å². The first-order valence-electron chi connectivity index (χ1n) is 10.4. The summed E-state index contributed by atoms with van der Waals surface area (Å²) in [6.07, 6.45) is -0.0809. The molecule has 0 spiro atoms. The van der Waals surface area contributed by atoms with E-state index in [0.29, 0.717) is 17.9 Å². The van der Waals surface area contributed by atoms with E-state index in [9.17, 15) is 9.59 Å². The van der Waals surface area contributed by atoms with Crippen molar-refractivity contribution in [1.82, 2.24) is 0 Å². The van der Waals surface area contributed by atoms with Gasteiger partial charge in [-0.25, -0.2) is 4.79 Å². The number of nitrogens with zero attached hydrogens (tertiary/aromatic N) is 1. The van der Waals surface area contributed by atoms with Gasteiger partial charge in [0.1, 0.15) is 12.4 Å². The highest BCUT2D eigenvalue weighted by Gasteiger charge is 2.34. The fourth-order valence-corrected chi connectivity index (χ4v) is 3.80. The summed E-state index contributed by atoms with van der Waals surface area (Å²) in [7, 11) is 0. The zero-order valence-electron chi connectivity index (χ0n) is 17.7. The van der Waals surface area contributed by atoms with E-state index >= 15 is 0 Å². The lowest BCUT2D eigenvalue weighted by Gasteiger charge is -2.26. The van der Waals surface area contributed by atoms with Gasteiger partial charge in [0.25, 0.3) is 5.91 Å². The Kier molecular flexibility index (Phi) is 6.03. The smallest absolute Gasteiger partial charge is 0.338 e. The summed E-state index contributed by atoms with van der Waals surface area (Å²) in [5.74, 6) is -0.0868. The fourth-order valence-electron chi connectivity index (χ4n) is 3.80. The maximum absolute atomic E-state index is 13.0. The minimum absolute atomic E-state index is 0.0344. The summed E-state index contributed by atoms with van der Waals surface area (Å²) in [6.45, 7) is 4.07. The van der Waals surface area contributed by atoms with Crippen LogP contribution in [0.1, 0.15) is 35.3 Å². The number of anilines is 1. The van der Waals surface area contributed by atoms with Crippen molar-refractivity contribution in [3.05, 3.63) is 95.6 Å². The lowest BCUT2D eigenvalue weighted by Crippen LogP contribution is -2.43. The van der Waals surface area contributed by atoms with E-state index in [1.807, 2.05) is 61.5 Å². The van der Waals surface area contributed by atoms with E-state index in [0.717, 1.165) is 23.2 Å². The minimum atomic E-state index is -0.880. The number of ether oxygens (including phenoxy) is 2. The molecule has 4 rings (SSSR count). The molecule has 0 bridgehead atoms. The van der Waals surface area contributed by atoms with Crippen molar-refractivity contribution in [2.45, 2.75) is 39.0 Å². The van der Waals surface area contributed by atoms with Crippen molar-refractivity contribution in [2.24, 2.45) is 0 Å². The molecule has 1 aliphatic rings. The van der Waals surface area contributed by atoms with Crippen LogP contribution in [0.15, 0.2) is 78.9 Å². The van der Waals surface area contributed by atoms with Crippen LogP contribution >= 0.6 is 0 Å². The molecule has 1 amide bonds. The fraction of sp³-hybridized carbons (Fsp3) is 0.231. The van der Waals surface area contributed by atoms with Crippen LogP contribution in [0, 0.1) is 0 Å². The number of fused-ring (bicyclic) bond motifs is 1. The topological polar surface area (TPSA) is 55.8 Å². The summed E-state index contributed by atoms with van der Waals surface area (Å²) in [6, 6.07) is 24.5. The largest absolute Gasteiger partial charge is 0.489 e. The number of rotatable bonds is 6. The van der Waals surface area contributed by atoms with Crippen molar-refractivity contribution in [1.29, 1.82) is 0 Å². The lowest BCUT2D eigenvalue weighted by atomic mass is 10.1. The summed E-state index contributed by atoms with van der Waals surface area (Å²) in [4.78, 5) is 27.3. The van der Waals surface area contributed by atoms with Gasteiger partial charge in [-0.2, -0.15) is 0 Å². The van der Waals surface area contributed by atoms with Crippen LogP contribution in [0.2, 0.25) is 0 Å². The van der Waals surface area contributed by atoms with Gasteiger partial charge in [0, 0.05) is 11.7 Å². The maximum Gasteiger partial charge on any atom is 0.338 e. The Morgan fingerprint density at radius 2 is 1.65 bits per heavy atom. The van der Waals surface area contributed by atoms with Gasteiger partial charge < -0.3 is 14.4 Å². The molecule has 3 aromatic rings. The number of carbonyl (C=O) groups excluding carboxylic acids is 2. The molecule has 0 fully saturated rings. The van der Waals surface area contributed by atoms with Gasteiger partial charge in [0.2, 0.25) is 0 Å². The molecule has 5 nitrogen and oxygen atoms in total. The van der Waals surface area contributed by atoms with Crippen LogP contribution in [0.5, 0.6) is 5.75 Å². The normalized spacial score (nSPS) is 15.8. The molecule has 0 radical (unpaired) electrons. The molecule has 0 N–H and O–H groups in total. The number of amides is 1. The Morgan fingerprint density at radius 3 is 2.39 bits per heavy atom. The van der Waals surface area contributed by atoms with Gasteiger partial charge in [-0.05, 0) is 61.7 Å². The van der Waals surface area contributed by atoms with Gasteiger partial charge in [0.05, 0.1) is 5.56 Å². The van der Waals surface area contributed by atoms with E-state index in [1.165, 1.54) is 0 Å². The van der Waals surface area contributed by atoms with Crippen molar-refractivity contribution in [2.75, 3.05) is 4.90 Å². The van der Waals surface area contributed by atoms with Crippen LogP contribution in [-0.4, -0.2) is 24.0 Å². The van der Waals surface area contributed by atoms with E-state index < -0.39 is 12.1 Å². The van der Waals surface area contributed by atoms with Gasteiger partial charge in [0.15, 0.2) is 6.10 Å². The van der Waals surface area contributed by atoms with Crippen molar-refractivity contribution in [3.63, 3.8) is 0 Å². The molecule has 0 saturated carbocycles. The average Bonchev–Trinajstić information content (AvgIpc) is 3.13. The minimum Gasteiger partial charge on any atom is -0.489 e. The van der Waals surface area contributed by atoms with Gasteiger partial charge in [-0.3, -0.25) is 4.79 Å². The van der Waals surface area contributed by atoms with Crippen molar-refractivity contribution >= 4 is 17.6 Å². The molecule has 0 unspecified atom stereocenters. The van der Waals surface area contributed by atoms with E-state index in [4.69, 9.17) is 9.47 Å². The number of carbonyl (C=O) groups is 2. The third kappa shape index (κ3) is 4.61. The summed E-state index contributed by atoms with van der Waals surface area (Å²) in [5, 5.41) is 0. The maximum atomic E-state index is 13.0. The zero-order chi connectivity index (χ0) is 21.8. The molecular weight excluding hydrogens is 390 g/mol. The first-order chi connectivity index (χ1) is 15.0. The number of hydrogen-bond donors (Lipinski definition) is 0. The molecule has 31 heavy (non-hydrogen) atoms. The molecule has 5 heteroatoms. The van der Waals surface area contributed by atoms with Crippen molar-refractivity contribution in [3.8, 4) is 5.75 Å². The molecule has 1 heterocycles. The van der Waals surface area contributed by atoms with Crippen molar-refractivity contribution < 1.29 is 19.1 Å². The predicted molar refractivity (Wildman–Crippen MR) is 119 cm³/mol. The number of esters is 1. The molecule has 3 aromatic carbocycles. The van der Waals surface area contributed by atoms with Gasteiger partial charge >= 0.3 is 5.97 Å². The van der Waals surface area contributed by atoms with Crippen LogP contribution in [0.4, 0.5) is 5.69 Å². The Hall–Kier alpha value is -3.60. The first-order valence-corrected chi connectivity index (χ1v) is 10.4. The highest BCUT2D eigenvalue weighted by Crippen LogP contribution is 2.32. The summed E-state index contributed by atoms with van der Waals surface area (Å²) >= 11 is 0. The summed E-state index contributed by atoms with van der Waals surface area (Å²) < 4.78 is 11.2. The van der Waals surface area contributed by atoms with Crippen LogP contribution in [-0.2, 0) is 22.6 Å². The second-order valence-corrected chi connectivity index (χ2v) is 7.74. The zero-order valence-corrected chi connectivity index (χ0v) is 17.7. The lowest BCUT2D eigenvalue weighted by molar-refractivity contribution is -0.126. The number of benzene rings is 3. The van der Waals surface area contributed by atoms with E-state index in [2.05, 4.69) is 0 Å². The Morgan fingerprint density at radius 1 is 0.968 bits per heavy atom. The van der Waals surface area contributed by atoms with Crippen LogP contribution < -0.4 is 9.64 Å². The average molecular weight is 415 g/mol. The predicted octanol–water partition coefficient (Wildman–Crippen LogP) is 4.79. The second-order valence-electron chi connectivity index (χ2n) is 7.74. The SMILES string of the molecule is C[C@H](OC(=O)c1ccc(OCc2ccccc2)cc1)C(=O)N1c2ccccc2C[C@H]1C. The standard InChI is InChI=1S/C26H25NO4/c1-18-16-22-10-6-7-11-24(22)27(18)25(28)19(2)31-26(29)21-12-14-23(15-13-21)30-17-20-8-4-3-5-9-20/h3-15,18-19H,16-17H2,1-2H3/t18-,19+/m1/s1. The number of hydrogen-bond acceptors (Lipinski definition) is 4. The monoisotopic (exact) mass is 415 g/mol. The molecule has 1 aliphatic heterocycles. The number of para-hydroxylation sites is 1. The summed E-state index contributed by atoms with van der Waals surface area (Å²) in [5.41, 5.74) is 3.47. The Bertz CT molecular complexity index is 1060. The molecule has 158 valence electrons. The molecule has 0 aromatic heterocycles. The molecule has 0 aliphatic carbocycles. The van der Waals surface area contributed by atoms with Gasteiger partial charge in [-0.15, -0.1) is 0 Å². The van der Waals surface area contributed by atoms with Gasteiger partial charge in [-0.1, -0.05) is 48.5 Å². The Balaban J connectivity index is 1.36. The molecule has 2 atom stereocenters. The highest BCUT2D eigenvalue weighted by molar-refractivity contribution is 6.00.